The van der Waals surface area contributed by atoms with E-state index in [1.165, 1.54) is 32.3 Å². The molecule has 0 aliphatic rings. The minimum Gasteiger partial charge on any atom is -0.456 e. The highest BCUT2D eigenvalue weighted by Crippen LogP contribution is 2.43. The summed E-state index contributed by atoms with van der Waals surface area (Å²) in [5.41, 5.74) is 3.65. The molecular weight excluding hydrogens is 392 g/mol. The molecular formula is C30H16O2. The number of furan rings is 2. The van der Waals surface area contributed by atoms with Crippen LogP contribution in [0, 0.1) is 0 Å². The molecule has 2 heteroatoms. The molecule has 0 amide bonds. The number of hydrogen-bond donors (Lipinski definition) is 0. The standard InChI is InChI=1S/C30H16O2/c1-3-7-20-15-26-22(13-18(20)5-1)29-24(31-26)11-9-17-10-12-25-30(28(17)29)23-14-19-6-2-4-8-21(19)16-27(23)32-25/h1-16H. The van der Waals surface area contributed by atoms with Crippen molar-refractivity contribution in [1.82, 2.24) is 0 Å². The number of fused-ring (bicyclic) bond motifs is 11. The molecule has 2 heterocycles. The van der Waals surface area contributed by atoms with Crippen LogP contribution >= 0.6 is 0 Å². The molecule has 2 aromatic heterocycles. The normalized spacial score (nSPS) is 12.4. The Kier molecular flexibility index (Phi) is 2.91. The first kappa shape index (κ1) is 16.4. The smallest absolute Gasteiger partial charge is 0.136 e. The van der Waals surface area contributed by atoms with Crippen LogP contribution in [-0.4, -0.2) is 0 Å². The maximum absolute atomic E-state index is 6.35. The van der Waals surface area contributed by atoms with Gasteiger partial charge in [0.25, 0.3) is 0 Å². The molecule has 0 saturated heterocycles. The summed E-state index contributed by atoms with van der Waals surface area (Å²) in [6.07, 6.45) is 0. The van der Waals surface area contributed by atoms with Gasteiger partial charge in [-0.25, -0.2) is 0 Å². The van der Waals surface area contributed by atoms with E-state index in [-0.39, 0.29) is 0 Å². The van der Waals surface area contributed by atoms with Gasteiger partial charge < -0.3 is 8.83 Å². The van der Waals surface area contributed by atoms with Gasteiger partial charge in [0.1, 0.15) is 22.3 Å². The zero-order chi connectivity index (χ0) is 20.8. The first-order valence-corrected chi connectivity index (χ1v) is 10.9. The predicted octanol–water partition coefficient (Wildman–Crippen LogP) is 8.94. The van der Waals surface area contributed by atoms with Crippen LogP contribution in [-0.2, 0) is 0 Å². The van der Waals surface area contributed by atoms with Crippen molar-refractivity contribution in [3.63, 3.8) is 0 Å². The molecule has 0 unspecified atom stereocenters. The molecule has 148 valence electrons. The highest BCUT2D eigenvalue weighted by atomic mass is 16.3. The number of rotatable bonds is 0. The Morgan fingerprint density at radius 3 is 1.25 bits per heavy atom. The summed E-state index contributed by atoms with van der Waals surface area (Å²) in [5, 5.41) is 11.8. The van der Waals surface area contributed by atoms with Crippen molar-refractivity contribution in [2.45, 2.75) is 0 Å². The molecule has 6 aromatic carbocycles. The van der Waals surface area contributed by atoms with E-state index in [1.807, 2.05) is 0 Å². The van der Waals surface area contributed by atoms with Crippen molar-refractivity contribution in [1.29, 1.82) is 0 Å². The third kappa shape index (κ3) is 2.04. The van der Waals surface area contributed by atoms with Crippen LogP contribution in [0.15, 0.2) is 106 Å². The Morgan fingerprint density at radius 2 is 0.781 bits per heavy atom. The highest BCUT2D eigenvalue weighted by Gasteiger charge is 2.17. The molecule has 0 atom stereocenters. The van der Waals surface area contributed by atoms with Crippen LogP contribution in [0.2, 0.25) is 0 Å². The van der Waals surface area contributed by atoms with Gasteiger partial charge in [-0.1, -0.05) is 60.7 Å². The Bertz CT molecular complexity index is 1890. The summed E-state index contributed by atoms with van der Waals surface area (Å²) >= 11 is 0. The van der Waals surface area contributed by atoms with E-state index in [1.54, 1.807) is 0 Å². The summed E-state index contributed by atoms with van der Waals surface area (Å²) in [4.78, 5) is 0. The van der Waals surface area contributed by atoms with E-state index < -0.39 is 0 Å². The second-order valence-electron chi connectivity index (χ2n) is 8.57. The minimum absolute atomic E-state index is 0.908. The summed E-state index contributed by atoms with van der Waals surface area (Å²) in [6, 6.07) is 34.2. The first-order chi connectivity index (χ1) is 15.8. The molecule has 8 rings (SSSR count). The largest absolute Gasteiger partial charge is 0.456 e. The van der Waals surface area contributed by atoms with Crippen molar-refractivity contribution < 1.29 is 8.83 Å². The van der Waals surface area contributed by atoms with Crippen molar-refractivity contribution in [2.75, 3.05) is 0 Å². The van der Waals surface area contributed by atoms with E-state index in [0.717, 1.165) is 43.9 Å². The zero-order valence-corrected chi connectivity index (χ0v) is 17.1. The second kappa shape index (κ2) is 5.68. The minimum atomic E-state index is 0.908. The fourth-order valence-electron chi connectivity index (χ4n) is 5.32. The zero-order valence-electron chi connectivity index (χ0n) is 17.1. The van der Waals surface area contributed by atoms with Gasteiger partial charge in [-0.3, -0.25) is 0 Å². The van der Waals surface area contributed by atoms with Crippen molar-refractivity contribution >= 4 is 76.2 Å². The highest BCUT2D eigenvalue weighted by molar-refractivity contribution is 6.32. The van der Waals surface area contributed by atoms with E-state index in [2.05, 4.69) is 97.1 Å². The van der Waals surface area contributed by atoms with Gasteiger partial charge in [0.15, 0.2) is 0 Å². The molecule has 0 N–H and O–H groups in total. The van der Waals surface area contributed by atoms with E-state index in [9.17, 15) is 0 Å². The molecule has 0 bridgehead atoms. The SMILES string of the molecule is c1ccc2cc3c(cc2c1)oc1ccc2ccc4oc5cc6ccccc6cc5c4c2c13. The lowest BCUT2D eigenvalue weighted by Crippen LogP contribution is -1.78. The Hall–Kier alpha value is -4.30. The number of hydrogen-bond acceptors (Lipinski definition) is 2. The molecule has 0 fully saturated rings. The van der Waals surface area contributed by atoms with Crippen molar-refractivity contribution in [3.8, 4) is 0 Å². The molecule has 8 aromatic rings. The van der Waals surface area contributed by atoms with Gasteiger partial charge in [-0.2, -0.15) is 0 Å². The summed E-state index contributed by atoms with van der Waals surface area (Å²) in [6.45, 7) is 0. The summed E-state index contributed by atoms with van der Waals surface area (Å²) < 4.78 is 12.7. The molecule has 0 saturated carbocycles. The fourth-order valence-corrected chi connectivity index (χ4v) is 5.32. The fraction of sp³-hybridized carbons (Fsp3) is 0. The Balaban J connectivity index is 1.65. The topological polar surface area (TPSA) is 26.3 Å². The van der Waals surface area contributed by atoms with Gasteiger partial charge in [0.05, 0.1) is 0 Å². The van der Waals surface area contributed by atoms with Gasteiger partial charge in [0.2, 0.25) is 0 Å². The van der Waals surface area contributed by atoms with Crippen LogP contribution in [0.4, 0.5) is 0 Å². The van der Waals surface area contributed by atoms with E-state index >= 15 is 0 Å². The van der Waals surface area contributed by atoms with Crippen LogP contribution in [0.25, 0.3) is 76.2 Å². The average Bonchev–Trinajstić information content (AvgIpc) is 3.38. The molecule has 2 nitrogen and oxygen atoms in total. The van der Waals surface area contributed by atoms with Gasteiger partial charge in [-0.15, -0.1) is 0 Å². The van der Waals surface area contributed by atoms with Gasteiger partial charge in [-0.05, 0) is 63.3 Å². The molecule has 0 spiro atoms. The monoisotopic (exact) mass is 408 g/mol. The third-order valence-electron chi connectivity index (χ3n) is 6.78. The molecule has 0 aliphatic heterocycles. The lowest BCUT2D eigenvalue weighted by molar-refractivity contribution is 0.669. The first-order valence-electron chi connectivity index (χ1n) is 10.9. The lowest BCUT2D eigenvalue weighted by Gasteiger charge is -2.03. The maximum Gasteiger partial charge on any atom is 0.136 e. The predicted molar refractivity (Wildman–Crippen MR) is 134 cm³/mol. The van der Waals surface area contributed by atoms with Gasteiger partial charge in [0, 0.05) is 26.9 Å². The van der Waals surface area contributed by atoms with E-state index in [0.29, 0.717) is 0 Å². The maximum atomic E-state index is 6.35. The summed E-state index contributed by atoms with van der Waals surface area (Å²) in [7, 11) is 0. The van der Waals surface area contributed by atoms with Crippen LogP contribution < -0.4 is 0 Å². The Morgan fingerprint density at radius 1 is 0.344 bits per heavy atom. The Labute approximate surface area is 182 Å². The quantitative estimate of drug-likeness (QED) is 0.250. The van der Waals surface area contributed by atoms with Crippen LogP contribution in [0.1, 0.15) is 0 Å². The summed E-state index contributed by atoms with van der Waals surface area (Å²) in [5.74, 6) is 0. The van der Waals surface area contributed by atoms with E-state index in [4.69, 9.17) is 8.83 Å². The molecule has 32 heavy (non-hydrogen) atoms. The average molecular weight is 408 g/mol. The molecule has 0 radical (unpaired) electrons. The number of benzene rings is 6. The lowest BCUT2D eigenvalue weighted by atomic mass is 9.97. The van der Waals surface area contributed by atoms with Gasteiger partial charge >= 0.3 is 0 Å². The third-order valence-corrected chi connectivity index (χ3v) is 6.78. The van der Waals surface area contributed by atoms with Crippen LogP contribution in [0.3, 0.4) is 0 Å². The molecule has 0 aliphatic carbocycles. The van der Waals surface area contributed by atoms with Crippen LogP contribution in [0.5, 0.6) is 0 Å². The van der Waals surface area contributed by atoms with Crippen molar-refractivity contribution in [2.24, 2.45) is 0 Å². The second-order valence-corrected chi connectivity index (χ2v) is 8.57. The van der Waals surface area contributed by atoms with Crippen molar-refractivity contribution in [3.05, 3.63) is 97.1 Å².